The molecular weight excluding hydrogens is 264 g/mol. The van der Waals surface area contributed by atoms with E-state index in [1.807, 2.05) is 6.20 Å². The van der Waals surface area contributed by atoms with E-state index in [0.717, 1.165) is 51.6 Å². The average molecular weight is 290 g/mol. The second kappa shape index (κ2) is 5.89. The van der Waals surface area contributed by atoms with Gasteiger partial charge in [0.1, 0.15) is 0 Å². The van der Waals surface area contributed by atoms with Crippen LogP contribution in [0.5, 0.6) is 0 Å². The third-order valence-corrected chi connectivity index (χ3v) is 4.41. The highest BCUT2D eigenvalue weighted by molar-refractivity contribution is 5.36. The molecule has 5 heteroatoms. The second-order valence-electron chi connectivity index (χ2n) is 6.83. The van der Waals surface area contributed by atoms with E-state index in [4.69, 9.17) is 9.72 Å². The molecule has 0 aromatic carbocycles. The van der Waals surface area contributed by atoms with Gasteiger partial charge in [-0.1, -0.05) is 20.8 Å². The highest BCUT2D eigenvalue weighted by Crippen LogP contribution is 2.40. The van der Waals surface area contributed by atoms with Crippen LogP contribution in [0.15, 0.2) is 6.20 Å². The third-order valence-electron chi connectivity index (χ3n) is 4.41. The number of aromatic nitrogens is 2. The first kappa shape index (κ1) is 14.7. The molecule has 3 rings (SSSR count). The first-order chi connectivity index (χ1) is 10.1. The van der Waals surface area contributed by atoms with Gasteiger partial charge in [-0.05, 0) is 24.8 Å². The molecule has 1 fully saturated rings. The SMILES string of the molecule is CCNC1CC(C)(C)Cc2nc(N3CCOCC3)ncc21. The smallest absolute Gasteiger partial charge is 0.225 e. The molecule has 1 saturated heterocycles. The molecule has 1 aromatic rings. The maximum atomic E-state index is 5.41. The van der Waals surface area contributed by atoms with Crippen LogP contribution in [0, 0.1) is 5.41 Å². The van der Waals surface area contributed by atoms with Crippen molar-refractivity contribution in [3.05, 3.63) is 17.5 Å². The van der Waals surface area contributed by atoms with Crippen molar-refractivity contribution in [3.63, 3.8) is 0 Å². The number of nitrogens with zero attached hydrogens (tertiary/aromatic N) is 3. The first-order valence-corrected chi connectivity index (χ1v) is 8.01. The lowest BCUT2D eigenvalue weighted by molar-refractivity contribution is 0.122. The van der Waals surface area contributed by atoms with Crippen LogP contribution < -0.4 is 10.2 Å². The zero-order chi connectivity index (χ0) is 14.9. The topological polar surface area (TPSA) is 50.3 Å². The van der Waals surface area contributed by atoms with Crippen molar-refractivity contribution in [3.8, 4) is 0 Å². The van der Waals surface area contributed by atoms with Crippen LogP contribution in [0.2, 0.25) is 0 Å². The van der Waals surface area contributed by atoms with Crippen LogP contribution in [0.1, 0.15) is 44.5 Å². The normalized spacial score (nSPS) is 24.7. The maximum Gasteiger partial charge on any atom is 0.225 e. The Hall–Kier alpha value is -1.20. The zero-order valence-electron chi connectivity index (χ0n) is 13.4. The summed E-state index contributed by atoms with van der Waals surface area (Å²) in [6.45, 7) is 11.1. The maximum absolute atomic E-state index is 5.41. The standard InChI is InChI=1S/C16H26N4O/c1-4-17-13-9-16(2,3)10-14-12(13)11-18-15(19-14)20-5-7-21-8-6-20/h11,13,17H,4-10H2,1-3H3. The molecule has 5 nitrogen and oxygen atoms in total. The Kier molecular flexibility index (Phi) is 4.13. The summed E-state index contributed by atoms with van der Waals surface area (Å²) in [7, 11) is 0. The van der Waals surface area contributed by atoms with Crippen molar-refractivity contribution in [1.82, 2.24) is 15.3 Å². The summed E-state index contributed by atoms with van der Waals surface area (Å²) in [4.78, 5) is 11.7. The Labute approximate surface area is 127 Å². The lowest BCUT2D eigenvalue weighted by Gasteiger charge is -2.37. The van der Waals surface area contributed by atoms with Gasteiger partial charge in [-0.15, -0.1) is 0 Å². The van der Waals surface area contributed by atoms with E-state index in [1.54, 1.807) is 0 Å². The van der Waals surface area contributed by atoms with Crippen molar-refractivity contribution in [2.24, 2.45) is 5.41 Å². The van der Waals surface area contributed by atoms with Crippen LogP contribution in [-0.2, 0) is 11.2 Å². The molecule has 0 saturated carbocycles. The molecule has 1 aliphatic carbocycles. The largest absolute Gasteiger partial charge is 0.378 e. The molecule has 1 aromatic heterocycles. The van der Waals surface area contributed by atoms with E-state index in [2.05, 4.69) is 36.0 Å². The quantitative estimate of drug-likeness (QED) is 0.922. The lowest BCUT2D eigenvalue weighted by atomic mass is 9.74. The molecule has 21 heavy (non-hydrogen) atoms. The summed E-state index contributed by atoms with van der Waals surface area (Å²) in [6.07, 6.45) is 4.22. The van der Waals surface area contributed by atoms with Gasteiger partial charge in [-0.25, -0.2) is 9.97 Å². The van der Waals surface area contributed by atoms with Crippen molar-refractivity contribution < 1.29 is 4.74 Å². The number of nitrogens with one attached hydrogen (secondary N) is 1. The third kappa shape index (κ3) is 3.19. The molecule has 1 N–H and O–H groups in total. The van der Waals surface area contributed by atoms with Crippen LogP contribution >= 0.6 is 0 Å². The van der Waals surface area contributed by atoms with Gasteiger partial charge in [0.2, 0.25) is 5.95 Å². The summed E-state index contributed by atoms with van der Waals surface area (Å²) in [6, 6.07) is 0.382. The van der Waals surface area contributed by atoms with Crippen LogP contribution in [-0.4, -0.2) is 42.8 Å². The molecule has 116 valence electrons. The van der Waals surface area contributed by atoms with E-state index in [0.29, 0.717) is 6.04 Å². The molecule has 0 spiro atoms. The summed E-state index contributed by atoms with van der Waals surface area (Å²) < 4.78 is 5.41. The van der Waals surface area contributed by atoms with E-state index < -0.39 is 0 Å². The van der Waals surface area contributed by atoms with Crippen molar-refractivity contribution in [1.29, 1.82) is 0 Å². The van der Waals surface area contributed by atoms with E-state index in [-0.39, 0.29) is 5.41 Å². The molecule has 0 radical (unpaired) electrons. The zero-order valence-corrected chi connectivity index (χ0v) is 13.4. The lowest BCUT2D eigenvalue weighted by Crippen LogP contribution is -2.39. The van der Waals surface area contributed by atoms with E-state index in [9.17, 15) is 0 Å². The number of rotatable bonds is 3. The number of ether oxygens (including phenoxy) is 1. The van der Waals surface area contributed by atoms with Gasteiger partial charge in [-0.2, -0.15) is 0 Å². The van der Waals surface area contributed by atoms with Crippen LogP contribution in [0.25, 0.3) is 0 Å². The molecule has 0 amide bonds. The van der Waals surface area contributed by atoms with Crippen molar-refractivity contribution in [2.75, 3.05) is 37.7 Å². The summed E-state index contributed by atoms with van der Waals surface area (Å²) >= 11 is 0. The second-order valence-corrected chi connectivity index (χ2v) is 6.83. The molecule has 1 unspecified atom stereocenters. The molecule has 0 bridgehead atoms. The highest BCUT2D eigenvalue weighted by Gasteiger charge is 2.33. The Morgan fingerprint density at radius 2 is 2.14 bits per heavy atom. The predicted octanol–water partition coefficient (Wildman–Crippen LogP) is 1.94. The number of hydrogen-bond donors (Lipinski definition) is 1. The van der Waals surface area contributed by atoms with Crippen LogP contribution in [0.3, 0.4) is 0 Å². The number of fused-ring (bicyclic) bond motifs is 1. The van der Waals surface area contributed by atoms with E-state index >= 15 is 0 Å². The molecule has 2 heterocycles. The van der Waals surface area contributed by atoms with Crippen LogP contribution in [0.4, 0.5) is 5.95 Å². The molecule has 1 atom stereocenters. The minimum atomic E-state index is 0.288. The number of hydrogen-bond acceptors (Lipinski definition) is 5. The Bertz CT molecular complexity index is 497. The van der Waals surface area contributed by atoms with Crippen molar-refractivity contribution in [2.45, 2.75) is 39.7 Å². The Balaban J connectivity index is 1.89. The minimum absolute atomic E-state index is 0.288. The predicted molar refractivity (Wildman–Crippen MR) is 83.6 cm³/mol. The van der Waals surface area contributed by atoms with Gasteiger partial charge in [0.25, 0.3) is 0 Å². The monoisotopic (exact) mass is 290 g/mol. The molecule has 1 aliphatic heterocycles. The fourth-order valence-electron chi connectivity index (χ4n) is 3.38. The summed E-state index contributed by atoms with van der Waals surface area (Å²) in [5.41, 5.74) is 2.79. The average Bonchev–Trinajstić information content (AvgIpc) is 2.46. The van der Waals surface area contributed by atoms with Gasteiger partial charge in [0.15, 0.2) is 0 Å². The summed E-state index contributed by atoms with van der Waals surface area (Å²) in [5.74, 6) is 0.866. The fourth-order valence-corrected chi connectivity index (χ4v) is 3.38. The molecule has 2 aliphatic rings. The van der Waals surface area contributed by atoms with E-state index in [1.165, 1.54) is 11.3 Å². The van der Waals surface area contributed by atoms with Gasteiger partial charge < -0.3 is 15.0 Å². The fraction of sp³-hybridized carbons (Fsp3) is 0.750. The van der Waals surface area contributed by atoms with Gasteiger partial charge >= 0.3 is 0 Å². The number of anilines is 1. The number of morpholine rings is 1. The van der Waals surface area contributed by atoms with Crippen molar-refractivity contribution >= 4 is 5.95 Å². The van der Waals surface area contributed by atoms with Gasteiger partial charge in [0.05, 0.1) is 18.9 Å². The minimum Gasteiger partial charge on any atom is -0.378 e. The summed E-state index contributed by atoms with van der Waals surface area (Å²) in [5, 5.41) is 3.58. The Morgan fingerprint density at radius 3 is 2.86 bits per heavy atom. The first-order valence-electron chi connectivity index (χ1n) is 8.01. The molecular formula is C16H26N4O. The van der Waals surface area contributed by atoms with Gasteiger partial charge in [0, 0.05) is 30.9 Å². The highest BCUT2D eigenvalue weighted by atomic mass is 16.5. The Morgan fingerprint density at radius 1 is 1.38 bits per heavy atom. The van der Waals surface area contributed by atoms with Gasteiger partial charge in [-0.3, -0.25) is 0 Å².